The summed E-state index contributed by atoms with van der Waals surface area (Å²) in [4.78, 5) is 12.5. The average Bonchev–Trinajstić information content (AvgIpc) is 2.47. The van der Waals surface area contributed by atoms with Crippen LogP contribution in [0.3, 0.4) is 0 Å². The van der Waals surface area contributed by atoms with Gasteiger partial charge in [0.15, 0.2) is 0 Å². The molecular formula is C21H39N2O+. The zero-order chi connectivity index (χ0) is 19.2. The number of hydrogen-bond donors (Lipinski definition) is 1. The molecule has 138 valence electrons. The molecule has 1 N–H and O–H groups in total. The van der Waals surface area contributed by atoms with Crippen molar-refractivity contribution < 1.29 is 4.79 Å². The number of quaternary nitrogens is 1. The number of nitrogens with zero attached hydrogens (tertiary/aromatic N) is 1. The molecule has 1 rings (SSSR count). The summed E-state index contributed by atoms with van der Waals surface area (Å²) < 4.78 is 0.837. The molecule has 0 bridgehead atoms. The molecule has 0 spiro atoms. The van der Waals surface area contributed by atoms with Gasteiger partial charge >= 0.3 is 0 Å². The number of rotatable bonds is 5. The van der Waals surface area contributed by atoms with Crippen molar-refractivity contribution in [2.75, 3.05) is 26.0 Å². The Morgan fingerprint density at radius 3 is 1.83 bits per heavy atom. The van der Waals surface area contributed by atoms with Gasteiger partial charge in [0, 0.05) is 23.2 Å². The third-order valence-corrected chi connectivity index (χ3v) is 4.20. The van der Waals surface area contributed by atoms with Gasteiger partial charge in [-0.25, -0.2) is 0 Å². The maximum Gasteiger partial charge on any atom is 0.230 e. The van der Waals surface area contributed by atoms with Crippen LogP contribution in [-0.4, -0.2) is 26.5 Å². The predicted molar refractivity (Wildman–Crippen MR) is 108 cm³/mol. The molecule has 0 saturated carbocycles. The molecule has 0 heterocycles. The van der Waals surface area contributed by atoms with Gasteiger partial charge in [-0.05, 0) is 30.9 Å². The van der Waals surface area contributed by atoms with Crippen LogP contribution in [0.4, 0.5) is 11.4 Å². The summed E-state index contributed by atoms with van der Waals surface area (Å²) >= 11 is 0. The average molecular weight is 336 g/mol. The largest absolute Gasteiger partial charge is 0.326 e. The Labute approximate surface area is 150 Å². The number of benzene rings is 1. The Bertz CT molecular complexity index is 508. The summed E-state index contributed by atoms with van der Waals surface area (Å²) in [5.41, 5.74) is 1.87. The summed E-state index contributed by atoms with van der Waals surface area (Å²) in [6.45, 7) is 17.7. The van der Waals surface area contributed by atoms with Crippen LogP contribution < -0.4 is 9.80 Å². The molecule has 0 aliphatic carbocycles. The molecule has 1 aromatic carbocycles. The second-order valence-electron chi connectivity index (χ2n) is 8.62. The van der Waals surface area contributed by atoms with Crippen LogP contribution in [0.25, 0.3) is 0 Å². The van der Waals surface area contributed by atoms with E-state index in [1.165, 1.54) is 5.69 Å². The van der Waals surface area contributed by atoms with Gasteiger partial charge in [0.1, 0.15) is 5.69 Å². The van der Waals surface area contributed by atoms with Crippen molar-refractivity contribution in [3.63, 3.8) is 0 Å². The number of carbonyl (C=O) groups excluding carboxylic acids is 1. The van der Waals surface area contributed by atoms with Gasteiger partial charge in [0.25, 0.3) is 0 Å². The topological polar surface area (TPSA) is 29.1 Å². The summed E-state index contributed by atoms with van der Waals surface area (Å²) in [6.07, 6.45) is 0.851. The SMILES string of the molecule is CC.CC[N+](C)(C)c1ccc(NC(=O)C(C)(C)CC(C)(C)C)cc1. The second kappa shape index (κ2) is 8.66. The highest BCUT2D eigenvalue weighted by Gasteiger charge is 2.32. The molecule has 0 fully saturated rings. The van der Waals surface area contributed by atoms with Crippen molar-refractivity contribution in [2.24, 2.45) is 10.8 Å². The fraction of sp³-hybridized carbons (Fsp3) is 0.667. The molecule has 0 saturated heterocycles. The minimum Gasteiger partial charge on any atom is -0.326 e. The normalized spacial score (nSPS) is 12.2. The van der Waals surface area contributed by atoms with Crippen LogP contribution in [0.1, 0.15) is 61.8 Å². The Balaban J connectivity index is 0.00000254. The Morgan fingerprint density at radius 2 is 1.46 bits per heavy atom. The van der Waals surface area contributed by atoms with Gasteiger partial charge < -0.3 is 5.32 Å². The molecule has 0 atom stereocenters. The lowest BCUT2D eigenvalue weighted by Crippen LogP contribution is -2.39. The first-order valence-electron chi connectivity index (χ1n) is 9.12. The molecule has 1 aromatic rings. The van der Waals surface area contributed by atoms with Crippen LogP contribution in [-0.2, 0) is 4.79 Å². The Morgan fingerprint density at radius 1 is 1.00 bits per heavy atom. The summed E-state index contributed by atoms with van der Waals surface area (Å²) in [5, 5.41) is 3.06. The van der Waals surface area contributed by atoms with E-state index in [4.69, 9.17) is 0 Å². The highest BCUT2D eigenvalue weighted by atomic mass is 16.2. The lowest BCUT2D eigenvalue weighted by Gasteiger charge is -2.31. The van der Waals surface area contributed by atoms with Gasteiger partial charge in [-0.3, -0.25) is 9.28 Å². The number of carbonyl (C=O) groups is 1. The van der Waals surface area contributed by atoms with Crippen molar-refractivity contribution >= 4 is 17.3 Å². The minimum absolute atomic E-state index is 0.0828. The third kappa shape index (κ3) is 7.04. The van der Waals surface area contributed by atoms with Gasteiger partial charge in [-0.2, -0.15) is 0 Å². The van der Waals surface area contributed by atoms with Crippen molar-refractivity contribution in [3.8, 4) is 0 Å². The summed E-state index contributed by atoms with van der Waals surface area (Å²) in [5.74, 6) is 0.0828. The number of amides is 1. The highest BCUT2D eigenvalue weighted by molar-refractivity contribution is 5.94. The van der Waals surface area contributed by atoms with Gasteiger partial charge in [-0.1, -0.05) is 48.5 Å². The predicted octanol–water partition coefficient (Wildman–Crippen LogP) is 5.70. The van der Waals surface area contributed by atoms with Crippen LogP contribution in [0.15, 0.2) is 24.3 Å². The molecule has 3 heteroatoms. The van der Waals surface area contributed by atoms with Crippen LogP contribution in [0, 0.1) is 10.8 Å². The van der Waals surface area contributed by atoms with Crippen molar-refractivity contribution in [1.82, 2.24) is 4.48 Å². The third-order valence-electron chi connectivity index (χ3n) is 4.20. The van der Waals surface area contributed by atoms with E-state index < -0.39 is 0 Å². The smallest absolute Gasteiger partial charge is 0.230 e. The van der Waals surface area contributed by atoms with Gasteiger partial charge in [0.2, 0.25) is 5.91 Å². The summed E-state index contributed by atoms with van der Waals surface area (Å²) in [7, 11) is 4.36. The van der Waals surface area contributed by atoms with E-state index in [1.807, 2.05) is 39.8 Å². The van der Waals surface area contributed by atoms with Crippen molar-refractivity contribution in [2.45, 2.75) is 61.8 Å². The van der Waals surface area contributed by atoms with E-state index in [2.05, 4.69) is 59.2 Å². The first-order valence-corrected chi connectivity index (χ1v) is 9.12. The number of nitrogens with one attached hydrogen (secondary N) is 1. The summed E-state index contributed by atoms with van der Waals surface area (Å²) in [6, 6.07) is 8.18. The van der Waals surface area contributed by atoms with E-state index >= 15 is 0 Å². The minimum atomic E-state index is -0.379. The van der Waals surface area contributed by atoms with Gasteiger partial charge in [-0.15, -0.1) is 0 Å². The Kier molecular flexibility index (Phi) is 8.17. The van der Waals surface area contributed by atoms with Crippen LogP contribution >= 0.6 is 0 Å². The molecular weight excluding hydrogens is 296 g/mol. The first-order chi connectivity index (χ1) is 10.9. The van der Waals surface area contributed by atoms with E-state index in [9.17, 15) is 4.79 Å². The van der Waals surface area contributed by atoms with E-state index in [0.717, 1.165) is 23.1 Å². The lowest BCUT2D eigenvalue weighted by atomic mass is 9.75. The van der Waals surface area contributed by atoms with Crippen LogP contribution in [0.2, 0.25) is 0 Å². The first kappa shape index (κ1) is 22.6. The van der Waals surface area contributed by atoms with Crippen molar-refractivity contribution in [1.29, 1.82) is 0 Å². The van der Waals surface area contributed by atoms with Crippen LogP contribution in [0.5, 0.6) is 0 Å². The maximum absolute atomic E-state index is 12.5. The molecule has 0 unspecified atom stereocenters. The number of hydrogen-bond acceptors (Lipinski definition) is 1. The second-order valence-corrected chi connectivity index (χ2v) is 8.62. The lowest BCUT2D eigenvalue weighted by molar-refractivity contribution is -0.125. The molecule has 0 aliphatic rings. The van der Waals surface area contributed by atoms with Gasteiger partial charge in [0.05, 0.1) is 20.6 Å². The molecule has 24 heavy (non-hydrogen) atoms. The van der Waals surface area contributed by atoms with E-state index in [0.29, 0.717) is 0 Å². The maximum atomic E-state index is 12.5. The molecule has 1 amide bonds. The monoisotopic (exact) mass is 335 g/mol. The van der Waals surface area contributed by atoms with Crippen molar-refractivity contribution in [3.05, 3.63) is 24.3 Å². The highest BCUT2D eigenvalue weighted by Crippen LogP contribution is 2.34. The van der Waals surface area contributed by atoms with E-state index in [1.54, 1.807) is 0 Å². The molecule has 3 nitrogen and oxygen atoms in total. The van der Waals surface area contributed by atoms with E-state index in [-0.39, 0.29) is 16.7 Å². The zero-order valence-corrected chi connectivity index (χ0v) is 17.6. The Hall–Kier alpha value is -1.35. The quantitative estimate of drug-likeness (QED) is 0.687. The fourth-order valence-corrected chi connectivity index (χ4v) is 2.84. The standard InChI is InChI=1S/C19H32N2O.C2H6/c1-9-21(7,8)16-12-10-15(11-13-16)20-17(22)19(5,6)14-18(2,3)4;1-2/h10-13H,9,14H2,1-8H3;1-2H3/p+1. The molecule has 0 radical (unpaired) electrons. The molecule has 0 aromatic heterocycles. The molecule has 0 aliphatic heterocycles. The number of anilines is 1. The fourth-order valence-electron chi connectivity index (χ4n) is 2.84. The zero-order valence-electron chi connectivity index (χ0n) is 17.6.